The van der Waals surface area contributed by atoms with E-state index in [2.05, 4.69) is 17.0 Å². The number of hydrogen-bond donors (Lipinski definition) is 0. The normalized spacial score (nSPS) is 11.9. The number of esters is 1. The van der Waals surface area contributed by atoms with Crippen LogP contribution in [0.3, 0.4) is 0 Å². The molecule has 0 saturated carbocycles. The summed E-state index contributed by atoms with van der Waals surface area (Å²) >= 11 is 0. The first-order valence-corrected chi connectivity index (χ1v) is 14.7. The van der Waals surface area contributed by atoms with E-state index in [1.807, 2.05) is 6.92 Å². The summed E-state index contributed by atoms with van der Waals surface area (Å²) in [5.41, 5.74) is -0.678. The van der Waals surface area contributed by atoms with Crippen LogP contribution < -0.4 is 11.2 Å². The number of ether oxygens (including phenoxy) is 1. The Balaban J connectivity index is 1.72. The Morgan fingerprint density at radius 2 is 1.74 bits per heavy atom. The second kappa shape index (κ2) is 13.9. The molecule has 10 nitrogen and oxygen atoms in total. The molecular formula is C30H37F3N6O4. The van der Waals surface area contributed by atoms with Crippen LogP contribution >= 0.6 is 0 Å². The molecule has 0 aliphatic rings. The number of carbonyl (C=O) groups excluding carboxylic acids is 1. The molecule has 0 unspecified atom stereocenters. The summed E-state index contributed by atoms with van der Waals surface area (Å²) in [5.74, 6) is -0.170. The molecule has 0 spiro atoms. The highest BCUT2D eigenvalue weighted by Gasteiger charge is 2.30. The van der Waals surface area contributed by atoms with E-state index in [4.69, 9.17) is 4.74 Å². The summed E-state index contributed by atoms with van der Waals surface area (Å²) < 4.78 is 50.7. The van der Waals surface area contributed by atoms with Crippen LogP contribution in [0.4, 0.5) is 13.2 Å². The van der Waals surface area contributed by atoms with Crippen LogP contribution in [0.5, 0.6) is 0 Å². The largest absolute Gasteiger partial charge is 0.444 e. The van der Waals surface area contributed by atoms with Crippen LogP contribution in [0.1, 0.15) is 76.8 Å². The van der Waals surface area contributed by atoms with Crippen LogP contribution in [0.15, 0.2) is 46.2 Å². The summed E-state index contributed by atoms with van der Waals surface area (Å²) in [6.07, 6.45) is 4.22. The van der Waals surface area contributed by atoms with Crippen LogP contribution in [0.25, 0.3) is 22.6 Å². The molecule has 3 heterocycles. The van der Waals surface area contributed by atoms with Crippen molar-refractivity contribution in [2.75, 3.05) is 0 Å². The van der Waals surface area contributed by atoms with Crippen LogP contribution in [0.2, 0.25) is 0 Å². The van der Waals surface area contributed by atoms with E-state index in [-0.39, 0.29) is 49.8 Å². The van der Waals surface area contributed by atoms with Crippen molar-refractivity contribution in [2.24, 2.45) is 0 Å². The van der Waals surface area contributed by atoms with Gasteiger partial charge in [-0.3, -0.25) is 28.0 Å². The number of hydrogen-bond acceptors (Lipinski definition) is 6. The molecule has 232 valence electrons. The van der Waals surface area contributed by atoms with E-state index >= 15 is 0 Å². The fourth-order valence-corrected chi connectivity index (χ4v) is 5.02. The lowest BCUT2D eigenvalue weighted by molar-refractivity contribution is -0.147. The Morgan fingerprint density at radius 3 is 2.44 bits per heavy atom. The zero-order chi connectivity index (χ0) is 31.1. The predicted molar refractivity (Wildman–Crippen MR) is 155 cm³/mol. The summed E-state index contributed by atoms with van der Waals surface area (Å²) in [5, 5.41) is 4.30. The molecule has 13 heteroatoms. The number of halogens is 3. The van der Waals surface area contributed by atoms with Crippen molar-refractivity contribution in [2.45, 2.75) is 98.3 Å². The lowest BCUT2D eigenvalue weighted by Gasteiger charge is -2.12. The molecule has 0 radical (unpaired) electrons. The van der Waals surface area contributed by atoms with Crippen molar-refractivity contribution in [3.8, 4) is 11.4 Å². The molecule has 4 aromatic rings. The van der Waals surface area contributed by atoms with Gasteiger partial charge in [0.05, 0.1) is 23.9 Å². The van der Waals surface area contributed by atoms with E-state index in [9.17, 15) is 27.6 Å². The first-order chi connectivity index (χ1) is 20.6. The maximum atomic E-state index is 13.6. The predicted octanol–water partition coefficient (Wildman–Crippen LogP) is 5.58. The van der Waals surface area contributed by atoms with Gasteiger partial charge in [0.25, 0.3) is 5.56 Å². The average molecular weight is 603 g/mol. The minimum Gasteiger partial charge on any atom is -0.444 e. The van der Waals surface area contributed by atoms with Crippen LogP contribution in [0, 0.1) is 0 Å². The number of rotatable bonds is 14. The van der Waals surface area contributed by atoms with Gasteiger partial charge in [-0.2, -0.15) is 18.3 Å². The highest BCUT2D eigenvalue weighted by molar-refractivity contribution is 5.77. The summed E-state index contributed by atoms with van der Waals surface area (Å²) in [6, 6.07) is 4.98. The Kier molecular flexibility index (Phi) is 10.3. The van der Waals surface area contributed by atoms with Gasteiger partial charge in [-0.05, 0) is 37.5 Å². The van der Waals surface area contributed by atoms with E-state index in [1.165, 1.54) is 26.1 Å². The van der Waals surface area contributed by atoms with Gasteiger partial charge in [0, 0.05) is 25.7 Å². The Bertz CT molecular complexity index is 1680. The van der Waals surface area contributed by atoms with E-state index in [1.54, 1.807) is 19.2 Å². The van der Waals surface area contributed by atoms with Gasteiger partial charge in [0.15, 0.2) is 17.9 Å². The SMILES string of the molecule is CCCCCCCC(=O)OCn1c(-c2cnn(Cc3cccc(C(F)(F)F)c3)c2)nc2c1c(=O)n(CCC)c(=O)n2CC. The number of imidazole rings is 1. The van der Waals surface area contributed by atoms with Crippen LogP contribution in [-0.2, 0) is 42.1 Å². The quantitative estimate of drug-likeness (QED) is 0.138. The molecule has 0 bridgehead atoms. The molecular weight excluding hydrogens is 565 g/mol. The van der Waals surface area contributed by atoms with Gasteiger partial charge >= 0.3 is 17.8 Å². The smallest absolute Gasteiger partial charge is 0.416 e. The third-order valence-corrected chi connectivity index (χ3v) is 7.21. The minimum absolute atomic E-state index is 0.0557. The molecule has 1 aromatic carbocycles. The first kappa shape index (κ1) is 31.8. The van der Waals surface area contributed by atoms with Gasteiger partial charge in [-0.1, -0.05) is 51.7 Å². The number of fused-ring (bicyclic) bond motifs is 1. The number of benzene rings is 1. The van der Waals surface area contributed by atoms with Crippen molar-refractivity contribution >= 4 is 17.1 Å². The van der Waals surface area contributed by atoms with Crippen LogP contribution in [-0.4, -0.2) is 34.4 Å². The minimum atomic E-state index is -4.47. The fourth-order valence-electron chi connectivity index (χ4n) is 5.02. The fraction of sp³-hybridized carbons (Fsp3) is 0.500. The Labute approximate surface area is 246 Å². The number of aromatic nitrogens is 6. The third-order valence-electron chi connectivity index (χ3n) is 7.21. The second-order valence-electron chi connectivity index (χ2n) is 10.5. The third kappa shape index (κ3) is 7.26. The summed E-state index contributed by atoms with van der Waals surface area (Å²) in [6.45, 7) is 5.95. The molecule has 0 fully saturated rings. The van der Waals surface area contributed by atoms with Gasteiger partial charge in [-0.25, -0.2) is 9.78 Å². The van der Waals surface area contributed by atoms with Crippen molar-refractivity contribution in [3.05, 3.63) is 68.6 Å². The topological polar surface area (TPSA) is 106 Å². The molecule has 3 aromatic heterocycles. The molecule has 0 aliphatic heterocycles. The average Bonchev–Trinajstić information content (AvgIpc) is 3.59. The molecule has 43 heavy (non-hydrogen) atoms. The summed E-state index contributed by atoms with van der Waals surface area (Å²) in [4.78, 5) is 44.0. The number of nitrogens with zero attached hydrogens (tertiary/aromatic N) is 6. The van der Waals surface area contributed by atoms with Crippen molar-refractivity contribution in [1.29, 1.82) is 0 Å². The van der Waals surface area contributed by atoms with E-state index in [0.29, 0.717) is 24.0 Å². The van der Waals surface area contributed by atoms with Crippen molar-refractivity contribution in [3.63, 3.8) is 0 Å². The van der Waals surface area contributed by atoms with Gasteiger partial charge in [-0.15, -0.1) is 0 Å². The standard InChI is InChI=1S/C30H37F3N6O4/c1-4-7-8-9-10-14-24(40)43-20-39-25-27(37(6-3)29(42)38(15-5-2)28(25)41)35-26(39)22-17-34-36(19-22)18-21-12-11-13-23(16-21)30(31,32)33/h11-13,16-17,19H,4-10,14-15,18,20H2,1-3H3. The highest BCUT2D eigenvalue weighted by Crippen LogP contribution is 2.30. The second-order valence-corrected chi connectivity index (χ2v) is 10.5. The molecule has 0 saturated heterocycles. The van der Waals surface area contributed by atoms with Crippen molar-refractivity contribution in [1.82, 2.24) is 28.5 Å². The number of unbranched alkanes of at least 4 members (excludes halogenated alkanes) is 4. The molecule has 0 atom stereocenters. The van der Waals surface area contributed by atoms with Gasteiger partial charge < -0.3 is 4.74 Å². The number of alkyl halides is 3. The zero-order valence-electron chi connectivity index (χ0n) is 24.7. The lowest BCUT2D eigenvalue weighted by atomic mass is 10.1. The lowest BCUT2D eigenvalue weighted by Crippen LogP contribution is -2.40. The van der Waals surface area contributed by atoms with Gasteiger partial charge in [0.2, 0.25) is 0 Å². The Hall–Kier alpha value is -4.16. The molecule has 0 amide bonds. The van der Waals surface area contributed by atoms with Gasteiger partial charge in [0.1, 0.15) is 5.82 Å². The number of carbonyl (C=O) groups is 1. The Morgan fingerprint density at radius 1 is 0.977 bits per heavy atom. The molecule has 4 rings (SSSR count). The monoisotopic (exact) mass is 602 g/mol. The maximum absolute atomic E-state index is 13.6. The van der Waals surface area contributed by atoms with E-state index < -0.39 is 29.0 Å². The summed E-state index contributed by atoms with van der Waals surface area (Å²) in [7, 11) is 0. The van der Waals surface area contributed by atoms with Crippen molar-refractivity contribution < 1.29 is 22.7 Å². The molecule has 0 N–H and O–H groups in total. The highest BCUT2D eigenvalue weighted by atomic mass is 19.4. The number of aryl methyl sites for hydroxylation is 1. The van der Waals surface area contributed by atoms with E-state index in [0.717, 1.165) is 42.4 Å². The molecule has 0 aliphatic carbocycles. The zero-order valence-corrected chi connectivity index (χ0v) is 24.7. The first-order valence-electron chi connectivity index (χ1n) is 14.7. The maximum Gasteiger partial charge on any atom is 0.416 e.